The summed E-state index contributed by atoms with van der Waals surface area (Å²) < 4.78 is 5.01. The number of esters is 1. The predicted molar refractivity (Wildman–Crippen MR) is 92.3 cm³/mol. The molecule has 0 bridgehead atoms. The number of nitrogens with zero attached hydrogens (tertiary/aromatic N) is 4. The van der Waals surface area contributed by atoms with Crippen molar-refractivity contribution in [2.45, 2.75) is 19.3 Å². The van der Waals surface area contributed by atoms with E-state index >= 15 is 0 Å². The van der Waals surface area contributed by atoms with Gasteiger partial charge in [-0.2, -0.15) is 10.5 Å². The molecule has 0 atom stereocenters. The summed E-state index contributed by atoms with van der Waals surface area (Å²) in [5, 5.41) is 17.2. The maximum absolute atomic E-state index is 12.0. The minimum Gasteiger partial charge on any atom is -0.456 e. The molecule has 0 fully saturated rings. The van der Waals surface area contributed by atoms with Crippen LogP contribution >= 0.6 is 0 Å². The Kier molecular flexibility index (Phi) is 9.17. The number of ether oxygens (including phenoxy) is 1. The van der Waals surface area contributed by atoms with Crippen molar-refractivity contribution in [3.05, 3.63) is 30.3 Å². The van der Waals surface area contributed by atoms with Crippen LogP contribution in [0.15, 0.2) is 30.3 Å². The van der Waals surface area contributed by atoms with Crippen molar-refractivity contribution in [1.29, 1.82) is 10.5 Å². The highest BCUT2D eigenvalue weighted by Gasteiger charge is 2.15. The maximum Gasteiger partial charge on any atom is 0.308 e. The van der Waals surface area contributed by atoms with Crippen LogP contribution in [0.25, 0.3) is 0 Å². The molecule has 1 rings (SSSR count). The Morgan fingerprint density at radius 3 is 2.20 bits per heavy atom. The molecule has 0 aliphatic carbocycles. The van der Waals surface area contributed by atoms with Crippen LogP contribution in [0.1, 0.15) is 19.3 Å². The first kappa shape index (κ1) is 20.0. The van der Waals surface area contributed by atoms with Crippen LogP contribution < -0.4 is 4.90 Å². The second-order valence-corrected chi connectivity index (χ2v) is 5.36. The van der Waals surface area contributed by atoms with E-state index in [1.807, 2.05) is 54.4 Å². The van der Waals surface area contributed by atoms with Crippen LogP contribution in [0.5, 0.6) is 0 Å². The standard InChI is InChI=1S/C18H22N4O3/c1-21(16-7-3-2-4-8-16)14-9-18(24)25-15-17(23)22(12-5-10-19)13-6-11-20/h2-4,7-8H,5-6,9,12-15H2,1H3. The van der Waals surface area contributed by atoms with Gasteiger partial charge in [-0.3, -0.25) is 9.59 Å². The van der Waals surface area contributed by atoms with E-state index in [1.165, 1.54) is 4.90 Å². The molecule has 0 saturated carbocycles. The van der Waals surface area contributed by atoms with Gasteiger partial charge in [0.15, 0.2) is 6.61 Å². The molecule has 0 unspecified atom stereocenters. The van der Waals surface area contributed by atoms with E-state index in [2.05, 4.69) is 0 Å². The molecule has 0 aliphatic rings. The van der Waals surface area contributed by atoms with Crippen molar-refractivity contribution in [3.8, 4) is 12.1 Å². The van der Waals surface area contributed by atoms with Crippen LogP contribution in [-0.4, -0.2) is 50.1 Å². The van der Waals surface area contributed by atoms with Crippen LogP contribution in [0.3, 0.4) is 0 Å². The smallest absolute Gasteiger partial charge is 0.308 e. The third-order valence-corrected chi connectivity index (χ3v) is 3.54. The number of amides is 1. The molecule has 0 radical (unpaired) electrons. The van der Waals surface area contributed by atoms with Gasteiger partial charge in [-0.15, -0.1) is 0 Å². The molecule has 1 aromatic rings. The average Bonchev–Trinajstić information content (AvgIpc) is 2.65. The summed E-state index contributed by atoms with van der Waals surface area (Å²) in [5.41, 5.74) is 0.991. The van der Waals surface area contributed by atoms with Crippen molar-refractivity contribution in [2.24, 2.45) is 0 Å². The van der Waals surface area contributed by atoms with Crippen LogP contribution in [-0.2, 0) is 14.3 Å². The number of hydrogen-bond donors (Lipinski definition) is 0. The van der Waals surface area contributed by atoms with Gasteiger partial charge in [0.25, 0.3) is 5.91 Å². The van der Waals surface area contributed by atoms with Crippen LogP contribution in [0.4, 0.5) is 5.69 Å². The van der Waals surface area contributed by atoms with E-state index in [4.69, 9.17) is 15.3 Å². The van der Waals surface area contributed by atoms with Gasteiger partial charge in [-0.25, -0.2) is 0 Å². The van der Waals surface area contributed by atoms with Crippen molar-refractivity contribution < 1.29 is 14.3 Å². The van der Waals surface area contributed by atoms with Crippen LogP contribution in [0, 0.1) is 22.7 Å². The van der Waals surface area contributed by atoms with Crippen molar-refractivity contribution in [1.82, 2.24) is 4.90 Å². The fourth-order valence-electron chi connectivity index (χ4n) is 2.11. The molecule has 0 saturated heterocycles. The SMILES string of the molecule is CN(CCC(=O)OCC(=O)N(CCC#N)CCC#N)c1ccccc1. The van der Waals surface area contributed by atoms with Gasteiger partial charge in [-0.05, 0) is 12.1 Å². The largest absolute Gasteiger partial charge is 0.456 e. The number of carbonyl (C=O) groups is 2. The van der Waals surface area contributed by atoms with E-state index in [-0.39, 0.29) is 39.0 Å². The summed E-state index contributed by atoms with van der Waals surface area (Å²) in [7, 11) is 1.87. The first-order valence-electron chi connectivity index (χ1n) is 8.02. The molecule has 0 spiro atoms. The minimum absolute atomic E-state index is 0.162. The predicted octanol–water partition coefficient (Wildman–Crippen LogP) is 1.71. The normalized spacial score (nSPS) is 9.56. The Balaban J connectivity index is 2.37. The van der Waals surface area contributed by atoms with Crippen molar-refractivity contribution in [3.63, 3.8) is 0 Å². The number of hydrogen-bond acceptors (Lipinski definition) is 6. The van der Waals surface area contributed by atoms with Gasteiger partial charge in [0, 0.05) is 32.4 Å². The highest BCUT2D eigenvalue weighted by atomic mass is 16.5. The van der Waals surface area contributed by atoms with E-state index < -0.39 is 11.9 Å². The maximum atomic E-state index is 12.0. The van der Waals surface area contributed by atoms with Crippen LogP contribution in [0.2, 0.25) is 0 Å². The zero-order valence-corrected chi connectivity index (χ0v) is 14.4. The van der Waals surface area contributed by atoms with E-state index in [9.17, 15) is 9.59 Å². The third-order valence-electron chi connectivity index (χ3n) is 3.54. The fourth-order valence-corrected chi connectivity index (χ4v) is 2.11. The Labute approximate surface area is 148 Å². The molecule has 132 valence electrons. The lowest BCUT2D eigenvalue weighted by molar-refractivity contribution is -0.151. The number of anilines is 1. The monoisotopic (exact) mass is 342 g/mol. The highest BCUT2D eigenvalue weighted by Crippen LogP contribution is 2.11. The van der Waals surface area contributed by atoms with E-state index in [0.29, 0.717) is 6.54 Å². The van der Waals surface area contributed by atoms with Gasteiger partial charge in [0.2, 0.25) is 0 Å². The first-order chi connectivity index (χ1) is 12.1. The second kappa shape index (κ2) is 11.5. The van der Waals surface area contributed by atoms with E-state index in [1.54, 1.807) is 0 Å². The molecule has 0 N–H and O–H groups in total. The Bertz CT molecular complexity index is 616. The van der Waals surface area contributed by atoms with Gasteiger partial charge in [-0.1, -0.05) is 18.2 Å². The topological polar surface area (TPSA) is 97.4 Å². The van der Waals surface area contributed by atoms with Crippen molar-refractivity contribution in [2.75, 3.05) is 38.2 Å². The molecule has 0 heterocycles. The van der Waals surface area contributed by atoms with E-state index in [0.717, 1.165) is 5.69 Å². The first-order valence-corrected chi connectivity index (χ1v) is 8.02. The van der Waals surface area contributed by atoms with Gasteiger partial charge in [0.1, 0.15) is 0 Å². The number of nitriles is 2. The lowest BCUT2D eigenvalue weighted by Gasteiger charge is -2.21. The summed E-state index contributed by atoms with van der Waals surface area (Å²) in [4.78, 5) is 27.1. The van der Waals surface area contributed by atoms with Gasteiger partial charge in [0.05, 0.1) is 31.4 Å². The average molecular weight is 342 g/mol. The highest BCUT2D eigenvalue weighted by molar-refractivity contribution is 5.80. The molecular weight excluding hydrogens is 320 g/mol. The Morgan fingerprint density at radius 1 is 1.04 bits per heavy atom. The quantitative estimate of drug-likeness (QED) is 0.600. The summed E-state index contributed by atoms with van der Waals surface area (Å²) in [5.74, 6) is -0.855. The lowest BCUT2D eigenvalue weighted by atomic mass is 10.3. The van der Waals surface area contributed by atoms with Gasteiger partial charge >= 0.3 is 5.97 Å². The second-order valence-electron chi connectivity index (χ2n) is 5.36. The molecular formula is C18H22N4O3. The van der Waals surface area contributed by atoms with Gasteiger partial charge < -0.3 is 14.5 Å². The number of rotatable bonds is 10. The summed E-state index contributed by atoms with van der Waals surface area (Å²) in [6, 6.07) is 13.5. The third kappa shape index (κ3) is 7.85. The molecule has 25 heavy (non-hydrogen) atoms. The Morgan fingerprint density at radius 2 is 1.64 bits per heavy atom. The van der Waals surface area contributed by atoms with Crippen molar-refractivity contribution >= 4 is 17.6 Å². The minimum atomic E-state index is -0.461. The zero-order chi connectivity index (χ0) is 18.5. The molecule has 1 aromatic carbocycles. The summed E-state index contributed by atoms with van der Waals surface area (Å²) in [6.07, 6.45) is 0.509. The molecule has 1 amide bonds. The Hall–Kier alpha value is -3.06. The number of benzene rings is 1. The molecule has 7 heteroatoms. The molecule has 0 aromatic heterocycles. The lowest BCUT2D eigenvalue weighted by Crippen LogP contribution is -2.36. The molecule has 7 nitrogen and oxygen atoms in total. The zero-order valence-electron chi connectivity index (χ0n) is 14.4. The molecule has 0 aliphatic heterocycles. The summed E-state index contributed by atoms with van der Waals surface area (Å²) >= 11 is 0. The number of carbonyl (C=O) groups excluding carboxylic acids is 2. The summed E-state index contributed by atoms with van der Waals surface area (Å²) in [6.45, 7) is 0.560. The number of para-hydroxylation sites is 1. The fraction of sp³-hybridized carbons (Fsp3) is 0.444.